The molecule has 2 heterocycles. The second-order valence-corrected chi connectivity index (χ2v) is 9.33. The van der Waals surface area contributed by atoms with Crippen LogP contribution in [0.15, 0.2) is 60.8 Å². The minimum absolute atomic E-state index is 0.111. The number of amides is 2. The molecule has 1 saturated carbocycles. The molecule has 1 aliphatic heterocycles. The summed E-state index contributed by atoms with van der Waals surface area (Å²) < 4.78 is 14.5. The Morgan fingerprint density at radius 1 is 1.03 bits per heavy atom. The molecule has 1 saturated heterocycles. The number of benzene rings is 2. The molecule has 9 heteroatoms. The van der Waals surface area contributed by atoms with Gasteiger partial charge in [-0.2, -0.15) is 0 Å². The van der Waals surface area contributed by atoms with Gasteiger partial charge in [0.25, 0.3) is 5.91 Å². The molecule has 0 spiro atoms. The predicted octanol–water partition coefficient (Wildman–Crippen LogP) is 3.83. The van der Waals surface area contributed by atoms with Crippen LogP contribution in [0.25, 0.3) is 0 Å². The van der Waals surface area contributed by atoms with Crippen molar-refractivity contribution in [3.63, 3.8) is 0 Å². The first-order valence-electron chi connectivity index (χ1n) is 12.1. The van der Waals surface area contributed by atoms with Crippen LogP contribution in [0.5, 0.6) is 0 Å². The van der Waals surface area contributed by atoms with Gasteiger partial charge in [-0.05, 0) is 43.2 Å². The molecule has 0 atom stereocenters. The third-order valence-corrected chi connectivity index (χ3v) is 6.91. The number of pyridine rings is 1. The van der Waals surface area contributed by atoms with Gasteiger partial charge in [-0.25, -0.2) is 9.37 Å². The number of piperazine rings is 1. The smallest absolute Gasteiger partial charge is 0.252 e. The van der Waals surface area contributed by atoms with Gasteiger partial charge in [0.15, 0.2) is 0 Å². The van der Waals surface area contributed by atoms with Crippen molar-refractivity contribution >= 4 is 34.7 Å². The van der Waals surface area contributed by atoms with E-state index in [1.807, 2.05) is 35.2 Å². The van der Waals surface area contributed by atoms with Crippen LogP contribution >= 0.6 is 0 Å². The Morgan fingerprint density at radius 3 is 2.33 bits per heavy atom. The van der Waals surface area contributed by atoms with E-state index in [1.165, 1.54) is 12.3 Å². The third-order valence-electron chi connectivity index (χ3n) is 6.91. The highest BCUT2D eigenvalue weighted by Gasteiger charge is 2.46. The number of primary amides is 1. The fraction of sp³-hybridized carbons (Fsp3) is 0.296. The summed E-state index contributed by atoms with van der Waals surface area (Å²) in [5.41, 5.74) is 8.30. The van der Waals surface area contributed by atoms with Crippen LogP contribution in [-0.4, -0.2) is 47.9 Å². The summed E-state index contributed by atoms with van der Waals surface area (Å²) in [7, 11) is 0. The highest BCUT2D eigenvalue weighted by atomic mass is 19.1. The van der Waals surface area contributed by atoms with Gasteiger partial charge in [0.1, 0.15) is 11.6 Å². The first kappa shape index (κ1) is 23.6. The lowest BCUT2D eigenvalue weighted by Crippen LogP contribution is -2.48. The molecule has 0 bridgehead atoms. The van der Waals surface area contributed by atoms with E-state index in [1.54, 1.807) is 25.1 Å². The van der Waals surface area contributed by atoms with E-state index >= 15 is 0 Å². The number of carbonyl (C=O) groups is 2. The van der Waals surface area contributed by atoms with Crippen molar-refractivity contribution in [2.75, 3.05) is 41.7 Å². The van der Waals surface area contributed by atoms with Gasteiger partial charge in [-0.15, -0.1) is 0 Å². The van der Waals surface area contributed by atoms with Crippen LogP contribution < -0.4 is 21.3 Å². The van der Waals surface area contributed by atoms with E-state index in [2.05, 4.69) is 20.5 Å². The molecular formula is C27H29FN6O2. The van der Waals surface area contributed by atoms with Crippen LogP contribution in [0.3, 0.4) is 0 Å². The molecule has 186 valence electrons. The summed E-state index contributed by atoms with van der Waals surface area (Å²) in [6.45, 7) is 4.62. The standard InChI is InChI=1S/C27H29FN6O2/c1-18(35)33-12-14-34(15-13-33)20-8-6-19(7-9-20)31-25-16-24(21(17-30-25)26(29)36)32-27(10-11-27)22-4-2-3-5-23(22)28/h2-9,16-17H,10-15H2,1H3,(H2,29,36)(H2,30,31,32). The van der Waals surface area contributed by atoms with Gasteiger partial charge >= 0.3 is 0 Å². The minimum atomic E-state index is -0.602. The van der Waals surface area contributed by atoms with E-state index in [9.17, 15) is 14.0 Å². The average molecular weight is 489 g/mol. The number of hydrogen-bond acceptors (Lipinski definition) is 6. The fourth-order valence-electron chi connectivity index (χ4n) is 4.70. The quantitative estimate of drug-likeness (QED) is 0.467. The summed E-state index contributed by atoms with van der Waals surface area (Å²) in [5.74, 6) is -0.234. The summed E-state index contributed by atoms with van der Waals surface area (Å²) in [5, 5.41) is 6.64. The van der Waals surface area contributed by atoms with Crippen LogP contribution in [0, 0.1) is 5.82 Å². The summed E-state index contributed by atoms with van der Waals surface area (Å²) in [6.07, 6.45) is 2.94. The highest BCUT2D eigenvalue weighted by molar-refractivity contribution is 5.99. The van der Waals surface area contributed by atoms with Crippen LogP contribution in [-0.2, 0) is 10.3 Å². The molecule has 2 fully saturated rings. The minimum Gasteiger partial charge on any atom is -0.375 e. The van der Waals surface area contributed by atoms with Gasteiger partial charge < -0.3 is 26.2 Å². The Bertz CT molecular complexity index is 1280. The molecule has 4 N–H and O–H groups in total. The maximum Gasteiger partial charge on any atom is 0.252 e. The van der Waals surface area contributed by atoms with Gasteiger partial charge in [0.05, 0.1) is 16.8 Å². The van der Waals surface area contributed by atoms with E-state index in [0.717, 1.165) is 50.4 Å². The van der Waals surface area contributed by atoms with Crippen molar-refractivity contribution < 1.29 is 14.0 Å². The average Bonchev–Trinajstić information content (AvgIpc) is 3.65. The number of carbonyl (C=O) groups excluding carboxylic acids is 2. The summed E-state index contributed by atoms with van der Waals surface area (Å²) >= 11 is 0. The van der Waals surface area contributed by atoms with E-state index in [4.69, 9.17) is 5.73 Å². The van der Waals surface area contributed by atoms with Crippen molar-refractivity contribution in [1.82, 2.24) is 9.88 Å². The second-order valence-electron chi connectivity index (χ2n) is 9.33. The number of halogens is 1. The van der Waals surface area contributed by atoms with Crippen molar-refractivity contribution in [3.05, 3.63) is 77.7 Å². The lowest BCUT2D eigenvalue weighted by molar-refractivity contribution is -0.129. The Morgan fingerprint density at radius 2 is 1.72 bits per heavy atom. The number of hydrogen-bond donors (Lipinski definition) is 3. The first-order valence-corrected chi connectivity index (χ1v) is 12.1. The largest absolute Gasteiger partial charge is 0.375 e. The van der Waals surface area contributed by atoms with Crippen molar-refractivity contribution in [2.24, 2.45) is 5.73 Å². The molecule has 2 aliphatic rings. The fourth-order valence-corrected chi connectivity index (χ4v) is 4.70. The van der Waals surface area contributed by atoms with Crippen molar-refractivity contribution in [2.45, 2.75) is 25.3 Å². The Hall–Kier alpha value is -4.14. The molecular weight excluding hydrogens is 459 g/mol. The van der Waals surface area contributed by atoms with Crippen molar-refractivity contribution in [1.29, 1.82) is 0 Å². The normalized spacial score (nSPS) is 16.4. The number of aromatic nitrogens is 1. The highest BCUT2D eigenvalue weighted by Crippen LogP contribution is 2.49. The summed E-state index contributed by atoms with van der Waals surface area (Å²) in [6, 6.07) is 16.4. The molecule has 0 radical (unpaired) electrons. The monoisotopic (exact) mass is 488 g/mol. The molecule has 0 unspecified atom stereocenters. The zero-order valence-electron chi connectivity index (χ0n) is 20.1. The first-order chi connectivity index (χ1) is 17.3. The van der Waals surface area contributed by atoms with Gasteiger partial charge in [0, 0.05) is 62.3 Å². The number of nitrogens with one attached hydrogen (secondary N) is 2. The number of nitrogens with zero attached hydrogens (tertiary/aromatic N) is 3. The van der Waals surface area contributed by atoms with E-state index < -0.39 is 11.4 Å². The molecule has 1 aliphatic carbocycles. The van der Waals surface area contributed by atoms with Crippen LogP contribution in [0.2, 0.25) is 0 Å². The lowest BCUT2D eigenvalue weighted by Gasteiger charge is -2.35. The van der Waals surface area contributed by atoms with Gasteiger partial charge in [-0.1, -0.05) is 18.2 Å². The van der Waals surface area contributed by atoms with Gasteiger partial charge in [-0.3, -0.25) is 9.59 Å². The number of anilines is 4. The molecule has 5 rings (SSSR count). The number of nitrogens with two attached hydrogens (primary N) is 1. The van der Waals surface area contributed by atoms with Gasteiger partial charge in [0.2, 0.25) is 5.91 Å². The second kappa shape index (κ2) is 9.49. The maximum atomic E-state index is 14.5. The van der Waals surface area contributed by atoms with Crippen LogP contribution in [0.1, 0.15) is 35.7 Å². The summed E-state index contributed by atoms with van der Waals surface area (Å²) in [4.78, 5) is 32.1. The molecule has 3 aromatic rings. The Kier molecular flexibility index (Phi) is 6.22. The lowest BCUT2D eigenvalue weighted by atomic mass is 10.0. The van der Waals surface area contributed by atoms with E-state index in [0.29, 0.717) is 17.1 Å². The topological polar surface area (TPSA) is 104 Å². The van der Waals surface area contributed by atoms with Crippen LogP contribution in [0.4, 0.5) is 27.3 Å². The zero-order valence-corrected chi connectivity index (χ0v) is 20.1. The SMILES string of the molecule is CC(=O)N1CCN(c2ccc(Nc3cc(NC4(c5ccccc5F)CC4)c(C(N)=O)cn3)cc2)CC1. The molecule has 8 nitrogen and oxygen atoms in total. The predicted molar refractivity (Wildman–Crippen MR) is 138 cm³/mol. The maximum absolute atomic E-state index is 14.5. The zero-order chi connectivity index (χ0) is 25.3. The Balaban J connectivity index is 1.32. The van der Waals surface area contributed by atoms with Crippen molar-refractivity contribution in [3.8, 4) is 0 Å². The van der Waals surface area contributed by atoms with E-state index in [-0.39, 0.29) is 17.3 Å². The third kappa shape index (κ3) is 4.82. The Labute approximate surface area is 209 Å². The molecule has 36 heavy (non-hydrogen) atoms. The molecule has 1 aromatic heterocycles. The molecule has 2 aromatic carbocycles. The number of rotatable bonds is 7. The molecule has 2 amide bonds.